The highest BCUT2D eigenvalue weighted by molar-refractivity contribution is 7.99. The number of fused-ring (bicyclic) bond motifs is 1. The molecule has 3 nitrogen and oxygen atoms in total. The lowest BCUT2D eigenvalue weighted by Gasteiger charge is -2.07. The number of rotatable bonds is 4. The number of halogens is 1. The Bertz CT molecular complexity index is 771. The highest BCUT2D eigenvalue weighted by Crippen LogP contribution is 2.31. The van der Waals surface area contributed by atoms with E-state index in [9.17, 15) is 4.39 Å². The number of para-hydroxylation sites is 1. The summed E-state index contributed by atoms with van der Waals surface area (Å²) in [5, 5.41) is 1.79. The number of hydrogen-bond donors (Lipinski definition) is 1. The molecular formula is C16H14FN3S. The SMILES string of the molecule is NCCc1cc(F)cc(Sc2ncnc3ccccc23)c1. The van der Waals surface area contributed by atoms with E-state index >= 15 is 0 Å². The topological polar surface area (TPSA) is 51.8 Å². The van der Waals surface area contributed by atoms with E-state index in [1.807, 2.05) is 30.3 Å². The van der Waals surface area contributed by atoms with Crippen molar-refractivity contribution in [2.75, 3.05) is 6.54 Å². The monoisotopic (exact) mass is 299 g/mol. The Morgan fingerprint density at radius 1 is 1.10 bits per heavy atom. The smallest absolute Gasteiger partial charge is 0.124 e. The molecule has 0 saturated carbocycles. The molecule has 0 unspecified atom stereocenters. The summed E-state index contributed by atoms with van der Waals surface area (Å²) in [6, 6.07) is 12.8. The Labute approximate surface area is 126 Å². The van der Waals surface area contributed by atoms with Gasteiger partial charge in [-0.1, -0.05) is 30.0 Å². The molecule has 0 aliphatic carbocycles. The van der Waals surface area contributed by atoms with Gasteiger partial charge in [-0.3, -0.25) is 0 Å². The highest BCUT2D eigenvalue weighted by atomic mass is 32.2. The van der Waals surface area contributed by atoms with E-state index < -0.39 is 0 Å². The lowest BCUT2D eigenvalue weighted by molar-refractivity contribution is 0.621. The molecule has 0 atom stereocenters. The summed E-state index contributed by atoms with van der Waals surface area (Å²) in [5.74, 6) is -0.248. The fourth-order valence-corrected chi connectivity index (χ4v) is 3.15. The van der Waals surface area contributed by atoms with Crippen molar-refractivity contribution in [1.29, 1.82) is 0 Å². The number of hydrogen-bond acceptors (Lipinski definition) is 4. The Morgan fingerprint density at radius 2 is 1.95 bits per heavy atom. The average Bonchev–Trinajstić information content (AvgIpc) is 2.47. The molecule has 0 amide bonds. The van der Waals surface area contributed by atoms with Gasteiger partial charge in [-0.25, -0.2) is 14.4 Å². The quantitative estimate of drug-likeness (QED) is 0.750. The average molecular weight is 299 g/mol. The third-order valence-electron chi connectivity index (χ3n) is 3.08. The molecule has 0 aliphatic rings. The molecule has 5 heteroatoms. The molecular weight excluding hydrogens is 285 g/mol. The van der Waals surface area contributed by atoms with Gasteiger partial charge in [0.25, 0.3) is 0 Å². The lowest BCUT2D eigenvalue weighted by Crippen LogP contribution is -2.03. The van der Waals surface area contributed by atoms with Gasteiger partial charge in [-0.15, -0.1) is 0 Å². The van der Waals surface area contributed by atoms with Crippen molar-refractivity contribution in [3.05, 3.63) is 60.2 Å². The molecule has 0 bridgehead atoms. The number of benzene rings is 2. The van der Waals surface area contributed by atoms with E-state index in [4.69, 9.17) is 5.73 Å². The van der Waals surface area contributed by atoms with Gasteiger partial charge in [0.1, 0.15) is 17.2 Å². The first-order valence-corrected chi connectivity index (χ1v) is 7.45. The van der Waals surface area contributed by atoms with E-state index in [1.165, 1.54) is 30.2 Å². The third-order valence-corrected chi connectivity index (χ3v) is 4.07. The molecule has 3 rings (SSSR count). The van der Waals surface area contributed by atoms with Crippen molar-refractivity contribution in [3.8, 4) is 0 Å². The van der Waals surface area contributed by atoms with Gasteiger partial charge in [-0.05, 0) is 42.8 Å². The van der Waals surface area contributed by atoms with Crippen molar-refractivity contribution in [1.82, 2.24) is 9.97 Å². The van der Waals surface area contributed by atoms with Crippen LogP contribution in [0.2, 0.25) is 0 Å². The van der Waals surface area contributed by atoms with Crippen LogP contribution < -0.4 is 5.73 Å². The van der Waals surface area contributed by atoms with Crippen LogP contribution in [0.4, 0.5) is 4.39 Å². The molecule has 0 fully saturated rings. The van der Waals surface area contributed by atoms with E-state index in [0.29, 0.717) is 13.0 Å². The molecule has 0 aliphatic heterocycles. The Morgan fingerprint density at radius 3 is 2.81 bits per heavy atom. The fraction of sp³-hybridized carbons (Fsp3) is 0.125. The highest BCUT2D eigenvalue weighted by Gasteiger charge is 2.07. The summed E-state index contributed by atoms with van der Waals surface area (Å²) < 4.78 is 13.7. The minimum Gasteiger partial charge on any atom is -0.330 e. The Kier molecular flexibility index (Phi) is 4.13. The summed E-state index contributed by atoms with van der Waals surface area (Å²) in [6.45, 7) is 0.504. The maximum Gasteiger partial charge on any atom is 0.124 e. The van der Waals surface area contributed by atoms with E-state index in [1.54, 1.807) is 0 Å². The first-order valence-electron chi connectivity index (χ1n) is 6.63. The second-order valence-corrected chi connectivity index (χ2v) is 5.69. The van der Waals surface area contributed by atoms with E-state index in [-0.39, 0.29) is 5.82 Å². The summed E-state index contributed by atoms with van der Waals surface area (Å²) in [7, 11) is 0. The van der Waals surface area contributed by atoms with E-state index in [2.05, 4.69) is 9.97 Å². The minimum absolute atomic E-state index is 0.248. The van der Waals surface area contributed by atoms with Crippen LogP contribution in [0.15, 0.2) is 58.7 Å². The maximum atomic E-state index is 13.7. The standard InChI is InChI=1S/C16H14FN3S/c17-12-7-11(5-6-18)8-13(9-12)21-16-14-3-1-2-4-15(14)19-10-20-16/h1-4,7-10H,5-6,18H2. The first kappa shape index (κ1) is 14.0. The second kappa shape index (κ2) is 6.20. The zero-order valence-corrected chi connectivity index (χ0v) is 12.1. The summed E-state index contributed by atoms with van der Waals surface area (Å²) in [4.78, 5) is 9.37. The van der Waals surface area contributed by atoms with Crippen LogP contribution in [-0.2, 0) is 6.42 Å². The second-order valence-electron chi connectivity index (χ2n) is 4.63. The van der Waals surface area contributed by atoms with Crippen molar-refractivity contribution in [3.63, 3.8) is 0 Å². The molecule has 1 heterocycles. The first-order chi connectivity index (χ1) is 10.3. The van der Waals surface area contributed by atoms with Crippen LogP contribution in [-0.4, -0.2) is 16.5 Å². The zero-order valence-electron chi connectivity index (χ0n) is 11.3. The van der Waals surface area contributed by atoms with Crippen molar-refractivity contribution in [2.24, 2.45) is 5.73 Å². The predicted molar refractivity (Wildman–Crippen MR) is 82.8 cm³/mol. The maximum absolute atomic E-state index is 13.7. The minimum atomic E-state index is -0.248. The van der Waals surface area contributed by atoms with Crippen LogP contribution in [0.3, 0.4) is 0 Å². The molecule has 2 N–H and O–H groups in total. The van der Waals surface area contributed by atoms with Gasteiger partial charge in [0.15, 0.2) is 0 Å². The van der Waals surface area contributed by atoms with Gasteiger partial charge < -0.3 is 5.73 Å². The molecule has 21 heavy (non-hydrogen) atoms. The fourth-order valence-electron chi connectivity index (χ4n) is 2.16. The summed E-state index contributed by atoms with van der Waals surface area (Å²) >= 11 is 1.44. The molecule has 1 aromatic heterocycles. The van der Waals surface area contributed by atoms with Gasteiger partial charge >= 0.3 is 0 Å². The largest absolute Gasteiger partial charge is 0.330 e. The van der Waals surface area contributed by atoms with Crippen LogP contribution in [0.25, 0.3) is 10.9 Å². The number of aromatic nitrogens is 2. The van der Waals surface area contributed by atoms with Crippen LogP contribution >= 0.6 is 11.8 Å². The van der Waals surface area contributed by atoms with Crippen LogP contribution in [0.1, 0.15) is 5.56 Å². The lowest BCUT2D eigenvalue weighted by atomic mass is 10.1. The number of nitrogens with two attached hydrogens (primary N) is 1. The van der Waals surface area contributed by atoms with Gasteiger partial charge in [-0.2, -0.15) is 0 Å². The summed E-state index contributed by atoms with van der Waals surface area (Å²) in [6.07, 6.45) is 2.20. The molecule has 0 radical (unpaired) electrons. The number of nitrogens with zero attached hydrogens (tertiary/aromatic N) is 2. The van der Waals surface area contributed by atoms with Crippen LogP contribution in [0.5, 0.6) is 0 Å². The Balaban J connectivity index is 1.98. The molecule has 0 saturated heterocycles. The molecule has 3 aromatic rings. The van der Waals surface area contributed by atoms with Crippen molar-refractivity contribution >= 4 is 22.7 Å². The summed E-state index contributed by atoms with van der Waals surface area (Å²) in [5.41, 5.74) is 7.32. The molecule has 0 spiro atoms. The van der Waals surface area contributed by atoms with Crippen molar-refractivity contribution in [2.45, 2.75) is 16.3 Å². The molecule has 2 aromatic carbocycles. The zero-order chi connectivity index (χ0) is 14.7. The predicted octanol–water partition coefficient (Wildman–Crippen LogP) is 3.42. The normalized spacial score (nSPS) is 11.0. The van der Waals surface area contributed by atoms with Crippen LogP contribution in [0, 0.1) is 5.82 Å². The van der Waals surface area contributed by atoms with Gasteiger partial charge in [0.2, 0.25) is 0 Å². The molecule has 106 valence electrons. The van der Waals surface area contributed by atoms with Gasteiger partial charge in [0.05, 0.1) is 5.52 Å². The van der Waals surface area contributed by atoms with Crippen molar-refractivity contribution < 1.29 is 4.39 Å². The Hall–Kier alpha value is -1.98. The van der Waals surface area contributed by atoms with E-state index in [0.717, 1.165) is 26.4 Å². The third kappa shape index (κ3) is 3.20. The van der Waals surface area contributed by atoms with Gasteiger partial charge in [0, 0.05) is 10.3 Å².